The molecule has 0 aromatic heterocycles. The zero-order chi connectivity index (χ0) is 16.0. The van der Waals surface area contributed by atoms with E-state index in [4.69, 9.17) is 16.3 Å². The van der Waals surface area contributed by atoms with Gasteiger partial charge < -0.3 is 4.74 Å². The third-order valence-electron chi connectivity index (χ3n) is 3.37. The summed E-state index contributed by atoms with van der Waals surface area (Å²) in [6.07, 6.45) is 0.771. The van der Waals surface area contributed by atoms with Gasteiger partial charge in [0.2, 0.25) is 0 Å². The number of aryl methyl sites for hydroxylation is 2. The smallest absolute Gasteiger partial charge is 0.421 e. The van der Waals surface area contributed by atoms with Crippen molar-refractivity contribution in [2.75, 3.05) is 17.4 Å². The van der Waals surface area contributed by atoms with Crippen molar-refractivity contribution < 1.29 is 14.3 Å². The van der Waals surface area contributed by atoms with Crippen molar-refractivity contribution in [3.63, 3.8) is 0 Å². The lowest BCUT2D eigenvalue weighted by Crippen LogP contribution is -2.39. The Bertz CT molecular complexity index is 528. The lowest BCUT2D eigenvalue weighted by Gasteiger charge is -2.25. The molecule has 21 heavy (non-hydrogen) atoms. The molecule has 1 aromatic rings. The predicted molar refractivity (Wildman–Crippen MR) is 85.2 cm³/mol. The van der Waals surface area contributed by atoms with E-state index in [1.165, 1.54) is 0 Å². The largest absolute Gasteiger partial charge is 0.449 e. The highest BCUT2D eigenvalue weighted by atomic mass is 35.5. The van der Waals surface area contributed by atoms with Crippen molar-refractivity contribution in [1.29, 1.82) is 0 Å². The maximum absolute atomic E-state index is 12.2. The molecule has 5 heteroatoms. The molecular weight excluding hydrogens is 290 g/mol. The van der Waals surface area contributed by atoms with E-state index >= 15 is 0 Å². The second-order valence-electron chi connectivity index (χ2n) is 4.64. The van der Waals surface area contributed by atoms with Crippen LogP contribution in [0.1, 0.15) is 37.5 Å². The zero-order valence-corrected chi connectivity index (χ0v) is 13.8. The van der Waals surface area contributed by atoms with Crippen LogP contribution in [0, 0.1) is 6.92 Å². The Morgan fingerprint density at radius 1 is 1.19 bits per heavy atom. The lowest BCUT2D eigenvalue weighted by atomic mass is 9.97. The number of carbonyl (C=O) groups excluding carboxylic acids is 2. The number of benzene rings is 1. The maximum atomic E-state index is 12.2. The fourth-order valence-corrected chi connectivity index (χ4v) is 2.48. The van der Waals surface area contributed by atoms with Gasteiger partial charge in [-0.1, -0.05) is 26.0 Å². The van der Waals surface area contributed by atoms with Crippen LogP contribution in [-0.4, -0.2) is 24.5 Å². The van der Waals surface area contributed by atoms with E-state index in [-0.39, 0.29) is 12.5 Å². The zero-order valence-electron chi connectivity index (χ0n) is 13.0. The van der Waals surface area contributed by atoms with Crippen LogP contribution in [0.5, 0.6) is 0 Å². The van der Waals surface area contributed by atoms with Gasteiger partial charge in [-0.2, -0.15) is 0 Å². The van der Waals surface area contributed by atoms with Gasteiger partial charge in [-0.15, -0.1) is 11.6 Å². The first-order chi connectivity index (χ1) is 10.0. The predicted octanol–water partition coefficient (Wildman–Crippen LogP) is 3.85. The number of rotatable bonds is 5. The molecule has 0 spiro atoms. The summed E-state index contributed by atoms with van der Waals surface area (Å²) in [5.41, 5.74) is 3.58. The van der Waals surface area contributed by atoms with E-state index < -0.39 is 12.0 Å². The summed E-state index contributed by atoms with van der Waals surface area (Å²) in [6, 6.07) is 3.95. The number of halogens is 1. The quantitative estimate of drug-likeness (QED) is 0.776. The molecule has 0 saturated carbocycles. The molecule has 0 heterocycles. The molecule has 0 saturated heterocycles. The van der Waals surface area contributed by atoms with Crippen molar-refractivity contribution in [2.24, 2.45) is 0 Å². The Balaban J connectivity index is 3.51. The lowest BCUT2D eigenvalue weighted by molar-refractivity contribution is -0.115. The Morgan fingerprint density at radius 3 is 2.33 bits per heavy atom. The standard InChI is InChI=1S/C16H22ClNO3/c1-5-12-9-8-11(4)13(6-2)15(12)18(14(19)10-17)16(20)21-7-3/h8-9H,5-7,10H2,1-4H3. The minimum absolute atomic E-state index is 0.208. The monoisotopic (exact) mass is 311 g/mol. The molecule has 2 amide bonds. The summed E-state index contributed by atoms with van der Waals surface area (Å²) in [4.78, 5) is 25.5. The van der Waals surface area contributed by atoms with E-state index in [1.54, 1.807) is 6.92 Å². The third-order valence-corrected chi connectivity index (χ3v) is 3.60. The number of imide groups is 1. The van der Waals surface area contributed by atoms with Crippen molar-refractivity contribution in [2.45, 2.75) is 40.5 Å². The number of ether oxygens (including phenoxy) is 1. The number of alkyl halides is 1. The number of anilines is 1. The molecule has 1 aromatic carbocycles. The molecule has 0 bridgehead atoms. The van der Waals surface area contributed by atoms with Crippen LogP contribution in [0.3, 0.4) is 0 Å². The summed E-state index contributed by atoms with van der Waals surface area (Å²) in [6.45, 7) is 7.87. The van der Waals surface area contributed by atoms with Crippen molar-refractivity contribution in [3.05, 3.63) is 28.8 Å². The number of carbonyl (C=O) groups is 2. The molecule has 0 N–H and O–H groups in total. The summed E-state index contributed by atoms with van der Waals surface area (Å²) in [5.74, 6) is -0.732. The molecule has 4 nitrogen and oxygen atoms in total. The molecule has 116 valence electrons. The van der Waals surface area contributed by atoms with Crippen LogP contribution in [0.2, 0.25) is 0 Å². The summed E-state index contributed by atoms with van der Waals surface area (Å²) < 4.78 is 5.03. The van der Waals surface area contributed by atoms with Crippen LogP contribution in [0.25, 0.3) is 0 Å². The maximum Gasteiger partial charge on any atom is 0.421 e. The first-order valence-corrected chi connectivity index (χ1v) is 7.72. The van der Waals surface area contributed by atoms with Crippen LogP contribution in [0.4, 0.5) is 10.5 Å². The molecule has 1 rings (SSSR count). The summed E-state index contributed by atoms with van der Waals surface area (Å²) in [7, 11) is 0. The van der Waals surface area contributed by atoms with Crippen LogP contribution in [0.15, 0.2) is 12.1 Å². The Kier molecular flexibility index (Phi) is 6.69. The van der Waals surface area contributed by atoms with Gasteiger partial charge >= 0.3 is 6.09 Å². The highest BCUT2D eigenvalue weighted by molar-refractivity contribution is 6.32. The van der Waals surface area contributed by atoms with Crippen LogP contribution >= 0.6 is 11.6 Å². The molecule has 0 aliphatic carbocycles. The Labute approximate surface area is 131 Å². The van der Waals surface area contributed by atoms with Gasteiger partial charge in [0.1, 0.15) is 5.88 Å². The van der Waals surface area contributed by atoms with Crippen molar-refractivity contribution in [1.82, 2.24) is 0 Å². The Morgan fingerprint density at radius 2 is 1.86 bits per heavy atom. The number of hydrogen-bond acceptors (Lipinski definition) is 3. The SMILES string of the molecule is CCOC(=O)N(C(=O)CCl)c1c(CC)ccc(C)c1CC. The minimum Gasteiger partial charge on any atom is -0.449 e. The molecular formula is C16H22ClNO3. The highest BCUT2D eigenvalue weighted by Gasteiger charge is 2.28. The molecule has 0 radical (unpaired) electrons. The molecule has 0 aliphatic rings. The Hall–Kier alpha value is -1.55. The van der Waals surface area contributed by atoms with Gasteiger partial charge in [-0.3, -0.25) is 4.79 Å². The molecule has 0 atom stereocenters. The normalized spacial score (nSPS) is 10.3. The molecule has 0 fully saturated rings. The molecule has 0 unspecified atom stereocenters. The topological polar surface area (TPSA) is 46.6 Å². The average Bonchev–Trinajstić information content (AvgIpc) is 2.48. The number of amides is 2. The summed E-state index contributed by atoms with van der Waals surface area (Å²) in [5, 5.41) is 0. The second-order valence-corrected chi connectivity index (χ2v) is 4.90. The highest BCUT2D eigenvalue weighted by Crippen LogP contribution is 2.30. The first-order valence-electron chi connectivity index (χ1n) is 7.18. The summed E-state index contributed by atoms with van der Waals surface area (Å²) >= 11 is 5.67. The van der Waals surface area contributed by atoms with E-state index in [9.17, 15) is 9.59 Å². The van der Waals surface area contributed by atoms with E-state index in [1.807, 2.05) is 32.9 Å². The van der Waals surface area contributed by atoms with E-state index in [0.717, 1.165) is 28.0 Å². The van der Waals surface area contributed by atoms with Gasteiger partial charge in [0.25, 0.3) is 5.91 Å². The second kappa shape index (κ2) is 8.03. The van der Waals surface area contributed by atoms with Crippen molar-refractivity contribution in [3.8, 4) is 0 Å². The van der Waals surface area contributed by atoms with Gasteiger partial charge in [-0.25, -0.2) is 9.69 Å². The fourth-order valence-electron chi connectivity index (χ4n) is 2.36. The van der Waals surface area contributed by atoms with Gasteiger partial charge in [0.15, 0.2) is 0 Å². The number of hydrogen-bond donors (Lipinski definition) is 0. The van der Waals surface area contributed by atoms with Gasteiger partial charge in [0.05, 0.1) is 12.3 Å². The number of nitrogens with zero attached hydrogens (tertiary/aromatic N) is 1. The van der Waals surface area contributed by atoms with E-state index in [0.29, 0.717) is 12.1 Å². The van der Waals surface area contributed by atoms with Crippen LogP contribution in [-0.2, 0) is 22.4 Å². The third kappa shape index (κ3) is 3.76. The first kappa shape index (κ1) is 17.5. The van der Waals surface area contributed by atoms with Gasteiger partial charge in [-0.05, 0) is 43.4 Å². The van der Waals surface area contributed by atoms with Crippen LogP contribution < -0.4 is 4.90 Å². The average molecular weight is 312 g/mol. The molecule has 0 aliphatic heterocycles. The van der Waals surface area contributed by atoms with E-state index in [2.05, 4.69) is 0 Å². The van der Waals surface area contributed by atoms with Crippen molar-refractivity contribution >= 4 is 29.3 Å². The van der Waals surface area contributed by atoms with Gasteiger partial charge in [0, 0.05) is 0 Å². The fraction of sp³-hybridized carbons (Fsp3) is 0.500. The minimum atomic E-state index is -0.668.